The summed E-state index contributed by atoms with van der Waals surface area (Å²) in [6, 6.07) is 13.7. The molecule has 0 radical (unpaired) electrons. The molecule has 45 heavy (non-hydrogen) atoms. The van der Waals surface area contributed by atoms with Crippen molar-refractivity contribution in [2.75, 3.05) is 6.61 Å². The molecule has 2 nitrogen and oxygen atoms in total. The highest BCUT2D eigenvalue weighted by Crippen LogP contribution is 2.50. The first-order chi connectivity index (χ1) is 22.1. The van der Waals surface area contributed by atoms with E-state index in [9.17, 15) is 4.79 Å². The summed E-state index contributed by atoms with van der Waals surface area (Å²) in [4.78, 5) is 18.6. The molecule has 0 saturated carbocycles. The first-order valence-electron chi connectivity index (χ1n) is 14.9. The SMILES string of the molecule is C#Cc1cc2sc3cc(-c4ccc(-c5cc6sc7cc(C#CCCCCCCCCCOC(=O)C=C)sc7c6s5)s4)sc3c2s1. The highest BCUT2D eigenvalue weighted by Gasteiger charge is 2.17. The van der Waals surface area contributed by atoms with Crippen molar-refractivity contribution in [1.82, 2.24) is 0 Å². The first-order valence-corrected chi connectivity index (χ1v) is 20.6. The molecule has 0 saturated heterocycles. The highest BCUT2D eigenvalue weighted by atomic mass is 32.1. The van der Waals surface area contributed by atoms with Crippen LogP contribution in [0.5, 0.6) is 0 Å². The Labute approximate surface area is 290 Å². The minimum Gasteiger partial charge on any atom is -0.463 e. The van der Waals surface area contributed by atoms with Crippen LogP contribution in [0.4, 0.5) is 0 Å². The van der Waals surface area contributed by atoms with Gasteiger partial charge in [-0.05, 0) is 49.2 Å². The Morgan fingerprint density at radius 1 is 0.667 bits per heavy atom. The fourth-order valence-corrected chi connectivity index (χ4v) is 14.1. The lowest BCUT2D eigenvalue weighted by molar-refractivity contribution is -0.137. The van der Waals surface area contributed by atoms with Crippen molar-refractivity contribution in [3.8, 4) is 43.7 Å². The maximum atomic E-state index is 11.0. The van der Waals surface area contributed by atoms with Crippen LogP contribution in [0, 0.1) is 24.2 Å². The number of ether oxygens (including phenoxy) is 1. The number of esters is 1. The van der Waals surface area contributed by atoms with Gasteiger partial charge in [0, 0.05) is 50.8 Å². The average molecular weight is 717 g/mol. The van der Waals surface area contributed by atoms with Crippen molar-refractivity contribution in [2.45, 2.75) is 51.4 Å². The van der Waals surface area contributed by atoms with Gasteiger partial charge in [-0.3, -0.25) is 0 Å². The molecule has 9 heteroatoms. The molecule has 0 aliphatic heterocycles. The number of hydrogen-bond donors (Lipinski definition) is 0. The summed E-state index contributed by atoms with van der Waals surface area (Å²) in [6.07, 6.45) is 15.9. The number of hydrogen-bond acceptors (Lipinski definition) is 9. The van der Waals surface area contributed by atoms with Crippen LogP contribution in [0.15, 0.2) is 49.1 Å². The lowest BCUT2D eigenvalue weighted by Crippen LogP contribution is -2.01. The van der Waals surface area contributed by atoms with Gasteiger partial charge in [0.25, 0.3) is 0 Å². The summed E-state index contributed by atoms with van der Waals surface area (Å²) >= 11 is 13.0. The molecule has 0 aliphatic rings. The van der Waals surface area contributed by atoms with Gasteiger partial charge >= 0.3 is 5.97 Å². The third-order valence-electron chi connectivity index (χ3n) is 7.45. The zero-order valence-electron chi connectivity index (χ0n) is 24.4. The summed E-state index contributed by atoms with van der Waals surface area (Å²) in [5.41, 5.74) is 0. The minimum absolute atomic E-state index is 0.327. The van der Waals surface area contributed by atoms with Crippen LogP contribution >= 0.6 is 79.4 Å². The molecule has 7 rings (SSSR count). The maximum Gasteiger partial charge on any atom is 0.330 e. The van der Waals surface area contributed by atoms with Crippen LogP contribution in [0.1, 0.15) is 61.1 Å². The summed E-state index contributed by atoms with van der Waals surface area (Å²) in [5.74, 6) is 9.31. The van der Waals surface area contributed by atoms with E-state index < -0.39 is 0 Å². The summed E-state index contributed by atoms with van der Waals surface area (Å²) in [6.45, 7) is 3.91. The Kier molecular flexibility index (Phi) is 9.58. The molecule has 0 amide bonds. The van der Waals surface area contributed by atoms with Gasteiger partial charge in [0.15, 0.2) is 0 Å². The van der Waals surface area contributed by atoms with Gasteiger partial charge < -0.3 is 4.74 Å². The molecule has 226 valence electrons. The van der Waals surface area contributed by atoms with E-state index in [0.29, 0.717) is 6.61 Å². The lowest BCUT2D eigenvalue weighted by Gasteiger charge is -2.02. The zero-order chi connectivity index (χ0) is 30.8. The molecule has 7 heterocycles. The standard InChI is InChI=1S/C36H28O2S7/c1-3-22-18-28-33(39-22)35-30(42-28)20-26(44-35)24-15-16-25(41-24)27-21-31-36(45-27)34-29(43-31)19-23(40-34)14-12-10-8-6-5-7-9-11-13-17-38-32(37)4-2/h1,4,15-16,18-21H,2,5-11,13,17H2. The van der Waals surface area contributed by atoms with E-state index in [1.807, 2.05) is 68.0 Å². The van der Waals surface area contributed by atoms with E-state index in [1.165, 1.54) is 93.7 Å². The number of terminal acetylenes is 1. The third kappa shape index (κ3) is 6.73. The van der Waals surface area contributed by atoms with E-state index in [1.54, 1.807) is 11.3 Å². The second-order valence-corrected chi connectivity index (χ2v) is 18.1. The molecular formula is C36H28O2S7. The quantitative estimate of drug-likeness (QED) is 0.0545. The van der Waals surface area contributed by atoms with Gasteiger partial charge in [0.1, 0.15) is 0 Å². The third-order valence-corrected chi connectivity index (χ3v) is 16.3. The Balaban J connectivity index is 0.936. The van der Waals surface area contributed by atoms with Gasteiger partial charge in [0.2, 0.25) is 0 Å². The maximum absolute atomic E-state index is 11.0. The Hall–Kier alpha value is -2.73. The first kappa shape index (κ1) is 30.9. The van der Waals surface area contributed by atoms with Crippen molar-refractivity contribution in [3.63, 3.8) is 0 Å². The molecular weight excluding hydrogens is 689 g/mol. The van der Waals surface area contributed by atoms with Crippen LogP contribution in [0.2, 0.25) is 0 Å². The number of carbonyl (C=O) groups excluding carboxylic acids is 1. The number of carbonyl (C=O) groups is 1. The Bertz CT molecular complexity index is 2250. The van der Waals surface area contributed by atoms with Crippen molar-refractivity contribution in [3.05, 3.63) is 58.8 Å². The van der Waals surface area contributed by atoms with Gasteiger partial charge in [-0.25, -0.2) is 4.79 Å². The molecule has 0 bridgehead atoms. The average Bonchev–Trinajstić information content (AvgIpc) is 3.87. The largest absolute Gasteiger partial charge is 0.463 e. The fraction of sp³-hybridized carbons (Fsp3) is 0.250. The second-order valence-electron chi connectivity index (χ2n) is 10.6. The predicted octanol–water partition coefficient (Wildman–Crippen LogP) is 13.2. The van der Waals surface area contributed by atoms with Crippen molar-refractivity contribution in [2.24, 2.45) is 0 Å². The van der Waals surface area contributed by atoms with E-state index in [-0.39, 0.29) is 5.97 Å². The topological polar surface area (TPSA) is 26.3 Å². The van der Waals surface area contributed by atoms with E-state index in [2.05, 4.69) is 60.7 Å². The zero-order valence-corrected chi connectivity index (χ0v) is 30.1. The van der Waals surface area contributed by atoms with Crippen molar-refractivity contribution < 1.29 is 9.53 Å². The normalized spacial score (nSPS) is 11.4. The summed E-state index contributed by atoms with van der Waals surface area (Å²) in [5, 5.41) is 0. The van der Waals surface area contributed by atoms with Gasteiger partial charge in [-0.15, -0.1) is 85.8 Å². The van der Waals surface area contributed by atoms with Gasteiger partial charge in [-0.1, -0.05) is 56.4 Å². The van der Waals surface area contributed by atoms with Crippen molar-refractivity contribution in [1.29, 1.82) is 0 Å². The Morgan fingerprint density at radius 3 is 1.82 bits per heavy atom. The van der Waals surface area contributed by atoms with E-state index in [0.717, 1.165) is 30.6 Å². The summed E-state index contributed by atoms with van der Waals surface area (Å²) in [7, 11) is 0. The number of unbranched alkanes of at least 4 members (excludes halogenated alkanes) is 7. The van der Waals surface area contributed by atoms with Crippen LogP contribution < -0.4 is 0 Å². The predicted molar refractivity (Wildman–Crippen MR) is 205 cm³/mol. The molecule has 0 aromatic carbocycles. The minimum atomic E-state index is -0.327. The van der Waals surface area contributed by atoms with Crippen LogP contribution in [0.25, 0.3) is 57.1 Å². The summed E-state index contributed by atoms with van der Waals surface area (Å²) < 4.78 is 15.9. The number of fused-ring (bicyclic) bond motifs is 6. The van der Waals surface area contributed by atoms with E-state index >= 15 is 0 Å². The fourth-order valence-electron chi connectivity index (χ4n) is 5.23. The molecule has 7 aromatic rings. The van der Waals surface area contributed by atoms with Gasteiger partial charge in [0.05, 0.1) is 35.2 Å². The number of thiophene rings is 7. The Morgan fingerprint density at radius 2 is 1.20 bits per heavy atom. The molecule has 0 atom stereocenters. The molecule has 0 N–H and O–H groups in total. The highest BCUT2D eigenvalue weighted by molar-refractivity contribution is 7.41. The second kappa shape index (κ2) is 13.9. The lowest BCUT2D eigenvalue weighted by atomic mass is 10.1. The van der Waals surface area contributed by atoms with Crippen LogP contribution in [0.3, 0.4) is 0 Å². The smallest absolute Gasteiger partial charge is 0.330 e. The van der Waals surface area contributed by atoms with Gasteiger partial charge in [-0.2, -0.15) is 0 Å². The number of rotatable bonds is 12. The molecule has 0 spiro atoms. The molecule has 0 aliphatic carbocycles. The van der Waals surface area contributed by atoms with Crippen LogP contribution in [-0.4, -0.2) is 12.6 Å². The molecule has 7 aromatic heterocycles. The van der Waals surface area contributed by atoms with E-state index in [4.69, 9.17) is 11.2 Å². The van der Waals surface area contributed by atoms with Crippen molar-refractivity contribution >= 4 is 123 Å². The molecule has 0 unspecified atom stereocenters. The molecule has 0 fully saturated rings. The monoisotopic (exact) mass is 716 g/mol. The van der Waals surface area contributed by atoms with Crippen LogP contribution in [-0.2, 0) is 9.53 Å².